The molecule has 0 saturated heterocycles. The van der Waals surface area contributed by atoms with E-state index in [1.54, 1.807) is 19.1 Å². The van der Waals surface area contributed by atoms with Crippen molar-refractivity contribution >= 4 is 11.7 Å². The van der Waals surface area contributed by atoms with Gasteiger partial charge in [0.05, 0.1) is 18.0 Å². The van der Waals surface area contributed by atoms with E-state index in [9.17, 15) is 15.1 Å². The van der Waals surface area contributed by atoms with Crippen LogP contribution in [0.1, 0.15) is 48.8 Å². The monoisotopic (exact) mass is 418 g/mol. The number of aromatic hydroxyl groups is 1. The van der Waals surface area contributed by atoms with E-state index in [1.165, 1.54) is 6.07 Å². The fourth-order valence-corrected chi connectivity index (χ4v) is 4.28. The van der Waals surface area contributed by atoms with Crippen LogP contribution in [-0.4, -0.2) is 33.2 Å². The van der Waals surface area contributed by atoms with Gasteiger partial charge in [-0.1, -0.05) is 49.3 Å². The Labute approximate surface area is 181 Å². The van der Waals surface area contributed by atoms with Gasteiger partial charge in [-0.25, -0.2) is 4.79 Å². The summed E-state index contributed by atoms with van der Waals surface area (Å²) in [7, 11) is 0. The molecule has 0 saturated carbocycles. The van der Waals surface area contributed by atoms with Gasteiger partial charge >= 0.3 is 5.97 Å². The van der Waals surface area contributed by atoms with E-state index in [0.717, 1.165) is 34.6 Å². The number of phenolic OH excluding ortho intramolecular Hbond substituents is 1. The molecule has 0 unspecified atom stereocenters. The third-order valence-electron chi connectivity index (χ3n) is 5.63. The summed E-state index contributed by atoms with van der Waals surface area (Å²) in [6, 6.07) is 16.9. The number of aromatic nitrogens is 1. The Hall–Kier alpha value is -3.54. The molecule has 1 aliphatic carbocycles. The van der Waals surface area contributed by atoms with Crippen LogP contribution in [0, 0.1) is 5.41 Å². The van der Waals surface area contributed by atoms with Crippen molar-refractivity contribution in [1.29, 1.82) is 0 Å². The van der Waals surface area contributed by atoms with Crippen LogP contribution in [0.25, 0.3) is 16.9 Å². The van der Waals surface area contributed by atoms with Gasteiger partial charge in [0.25, 0.3) is 0 Å². The summed E-state index contributed by atoms with van der Waals surface area (Å²) in [6.45, 7) is 6.23. The number of oxime groups is 1. The van der Waals surface area contributed by atoms with Crippen LogP contribution in [0.4, 0.5) is 0 Å². The average Bonchev–Trinajstić information content (AvgIpc) is 3.12. The van der Waals surface area contributed by atoms with E-state index in [4.69, 9.17) is 4.74 Å². The fourth-order valence-electron chi connectivity index (χ4n) is 4.28. The van der Waals surface area contributed by atoms with Crippen LogP contribution < -0.4 is 0 Å². The number of hydrogen-bond acceptors (Lipinski definition) is 5. The molecule has 3 aromatic rings. The van der Waals surface area contributed by atoms with Crippen LogP contribution in [0.3, 0.4) is 0 Å². The van der Waals surface area contributed by atoms with Gasteiger partial charge in [0.15, 0.2) is 0 Å². The molecule has 0 amide bonds. The Morgan fingerprint density at radius 2 is 1.87 bits per heavy atom. The zero-order valence-electron chi connectivity index (χ0n) is 17.9. The smallest absolute Gasteiger partial charge is 0.341 e. The van der Waals surface area contributed by atoms with E-state index < -0.39 is 5.97 Å². The highest BCUT2D eigenvalue weighted by Crippen LogP contribution is 2.41. The zero-order valence-corrected chi connectivity index (χ0v) is 17.9. The predicted molar refractivity (Wildman–Crippen MR) is 119 cm³/mol. The van der Waals surface area contributed by atoms with Crippen LogP contribution in [0.2, 0.25) is 0 Å². The van der Waals surface area contributed by atoms with Gasteiger partial charge in [0, 0.05) is 16.9 Å². The molecule has 2 aromatic carbocycles. The van der Waals surface area contributed by atoms with E-state index in [0.29, 0.717) is 12.1 Å². The third-order valence-corrected chi connectivity index (χ3v) is 5.63. The maximum absolute atomic E-state index is 12.4. The molecule has 0 atom stereocenters. The minimum atomic E-state index is -0.568. The van der Waals surface area contributed by atoms with Gasteiger partial charge in [-0.3, -0.25) is 0 Å². The first-order valence-corrected chi connectivity index (χ1v) is 10.4. The Kier molecular flexibility index (Phi) is 5.31. The van der Waals surface area contributed by atoms with Crippen LogP contribution in [-0.2, 0) is 11.2 Å². The lowest BCUT2D eigenvalue weighted by atomic mass is 9.76. The van der Waals surface area contributed by atoms with Crippen LogP contribution >= 0.6 is 0 Å². The molecule has 4 rings (SSSR count). The minimum absolute atomic E-state index is 0.0977. The number of benzene rings is 2. The molecule has 0 spiro atoms. The molecule has 0 aliphatic heterocycles. The first kappa shape index (κ1) is 20.7. The molecule has 6 nitrogen and oxygen atoms in total. The zero-order chi connectivity index (χ0) is 22.2. The van der Waals surface area contributed by atoms with Crippen LogP contribution in [0.5, 0.6) is 5.75 Å². The molecule has 1 heterocycles. The Balaban J connectivity index is 1.99. The lowest BCUT2D eigenvalue weighted by Gasteiger charge is -2.31. The fraction of sp³-hybridized carbons (Fsp3) is 0.280. The van der Waals surface area contributed by atoms with Crippen molar-refractivity contribution in [2.45, 2.75) is 33.6 Å². The average molecular weight is 418 g/mol. The Morgan fingerprint density at radius 3 is 2.55 bits per heavy atom. The summed E-state index contributed by atoms with van der Waals surface area (Å²) in [4.78, 5) is 12.4. The summed E-state index contributed by atoms with van der Waals surface area (Å²) in [5.74, 6) is -0.690. The van der Waals surface area contributed by atoms with Crippen molar-refractivity contribution in [3.05, 3.63) is 71.4 Å². The molecule has 31 heavy (non-hydrogen) atoms. The molecule has 160 valence electrons. The number of esters is 1. The van der Waals surface area contributed by atoms with Crippen molar-refractivity contribution in [3.8, 4) is 22.7 Å². The highest BCUT2D eigenvalue weighted by atomic mass is 16.5. The number of hydrogen-bond donors (Lipinski definition) is 2. The Morgan fingerprint density at radius 1 is 1.13 bits per heavy atom. The van der Waals surface area contributed by atoms with Crippen molar-refractivity contribution < 1.29 is 19.8 Å². The number of fused-ring (bicyclic) bond motifs is 1. The molecule has 0 radical (unpaired) electrons. The van der Waals surface area contributed by atoms with Gasteiger partial charge in [-0.05, 0) is 55.0 Å². The second-order valence-electron chi connectivity index (χ2n) is 8.58. The van der Waals surface area contributed by atoms with Crippen LogP contribution in [0.15, 0.2) is 59.8 Å². The molecule has 6 heteroatoms. The second-order valence-corrected chi connectivity index (χ2v) is 8.58. The minimum Gasteiger partial charge on any atom is -0.507 e. The van der Waals surface area contributed by atoms with E-state index in [2.05, 4.69) is 23.6 Å². The van der Waals surface area contributed by atoms with E-state index >= 15 is 0 Å². The maximum Gasteiger partial charge on any atom is 0.341 e. The number of ether oxygens (including phenoxy) is 1. The summed E-state index contributed by atoms with van der Waals surface area (Å²) < 4.78 is 7.20. The lowest BCUT2D eigenvalue weighted by molar-refractivity contribution is 0.0523. The quantitative estimate of drug-likeness (QED) is 0.347. The summed E-state index contributed by atoms with van der Waals surface area (Å²) in [5.41, 5.74) is 5.21. The summed E-state index contributed by atoms with van der Waals surface area (Å²) in [6.07, 6.45) is 1.43. The number of nitrogens with zero attached hydrogens (tertiary/aromatic N) is 2. The normalized spacial score (nSPS) is 16.2. The van der Waals surface area contributed by atoms with Crippen molar-refractivity contribution in [1.82, 2.24) is 4.57 Å². The molecule has 0 fully saturated rings. The van der Waals surface area contributed by atoms with E-state index in [1.807, 2.05) is 36.4 Å². The Bertz CT molecular complexity index is 1160. The van der Waals surface area contributed by atoms with Gasteiger partial charge in [0.1, 0.15) is 11.3 Å². The molecular formula is C25H26N2O4. The van der Waals surface area contributed by atoms with Gasteiger partial charge in [-0.15, -0.1) is 0 Å². The summed E-state index contributed by atoms with van der Waals surface area (Å²) >= 11 is 0. The lowest BCUT2D eigenvalue weighted by Crippen LogP contribution is -2.28. The highest BCUT2D eigenvalue weighted by Gasteiger charge is 2.34. The van der Waals surface area contributed by atoms with Crippen molar-refractivity contribution in [2.24, 2.45) is 10.6 Å². The molecule has 1 aromatic heterocycles. The summed E-state index contributed by atoms with van der Waals surface area (Å²) in [5, 5.41) is 23.6. The first-order chi connectivity index (χ1) is 14.8. The third kappa shape index (κ3) is 3.81. The number of carbonyl (C=O) groups excluding carboxylic acids is 1. The highest BCUT2D eigenvalue weighted by molar-refractivity contribution is 6.04. The second kappa shape index (κ2) is 7.95. The predicted octanol–water partition coefficient (Wildman–Crippen LogP) is 5.18. The van der Waals surface area contributed by atoms with Crippen molar-refractivity contribution in [3.63, 3.8) is 0 Å². The first-order valence-electron chi connectivity index (χ1n) is 10.4. The van der Waals surface area contributed by atoms with Crippen molar-refractivity contribution in [2.75, 3.05) is 6.61 Å². The maximum atomic E-state index is 12.4. The largest absolute Gasteiger partial charge is 0.507 e. The van der Waals surface area contributed by atoms with Gasteiger partial charge in [-0.2, -0.15) is 0 Å². The van der Waals surface area contributed by atoms with Gasteiger partial charge < -0.3 is 19.6 Å². The topological polar surface area (TPSA) is 84.1 Å². The van der Waals surface area contributed by atoms with E-state index in [-0.39, 0.29) is 23.3 Å². The molecular weight excluding hydrogens is 392 g/mol. The number of phenols is 1. The molecule has 2 N–H and O–H groups in total. The number of carbonyl (C=O) groups is 1. The standard InChI is InChI=1S/C25H26N2O4/c1-4-31-24(29)19-12-17(10-11-23(19)28)27-21(16-8-6-5-7-9-16)13-18-20(26-30)14-25(2,3)15-22(18)27/h5-13,28,30H,4,14-15H2,1-3H3/b26-20-. The SMILES string of the molecule is CCOC(=O)c1cc(-n2c(-c3ccccc3)cc3c2CC(C)(C)C/C3=N/O)ccc1O. The molecule has 0 bridgehead atoms. The molecule has 1 aliphatic rings. The number of rotatable bonds is 4. The van der Waals surface area contributed by atoms with Gasteiger partial charge in [0.2, 0.25) is 0 Å².